The molecule has 0 aliphatic rings. The van der Waals surface area contributed by atoms with E-state index in [-0.39, 0.29) is 6.04 Å². The van der Waals surface area contributed by atoms with Crippen LogP contribution in [0.5, 0.6) is 0 Å². The van der Waals surface area contributed by atoms with Crippen molar-refractivity contribution in [2.75, 3.05) is 6.54 Å². The third-order valence-corrected chi connectivity index (χ3v) is 2.92. The summed E-state index contributed by atoms with van der Waals surface area (Å²) in [4.78, 5) is 4.30. The number of rotatable bonds is 5. The van der Waals surface area contributed by atoms with Crippen LogP contribution in [0, 0.1) is 11.6 Å². The fourth-order valence-electron chi connectivity index (χ4n) is 2.01. The predicted molar refractivity (Wildman–Crippen MR) is 70.7 cm³/mol. The Morgan fingerprint density at radius 1 is 1.16 bits per heavy atom. The molecule has 1 unspecified atom stereocenters. The minimum atomic E-state index is -0.818. The van der Waals surface area contributed by atoms with Gasteiger partial charge in [-0.2, -0.15) is 0 Å². The van der Waals surface area contributed by atoms with Crippen LogP contribution in [-0.2, 0) is 6.42 Å². The van der Waals surface area contributed by atoms with Gasteiger partial charge in [-0.1, -0.05) is 19.1 Å². The van der Waals surface area contributed by atoms with Gasteiger partial charge in [0.2, 0.25) is 0 Å². The molecule has 2 nitrogen and oxygen atoms in total. The minimum Gasteiger partial charge on any atom is -0.309 e. The minimum absolute atomic E-state index is 0.00365. The highest BCUT2D eigenvalue weighted by Gasteiger charge is 2.13. The number of pyridine rings is 1. The van der Waals surface area contributed by atoms with Crippen LogP contribution in [0.1, 0.15) is 24.2 Å². The van der Waals surface area contributed by atoms with Gasteiger partial charge >= 0.3 is 0 Å². The number of nitrogens with one attached hydrogen (secondary N) is 1. The Bertz CT molecular complexity index is 529. The average molecular weight is 262 g/mol. The molecule has 0 aliphatic heterocycles. The summed E-state index contributed by atoms with van der Waals surface area (Å²) in [5.41, 5.74) is 1.64. The van der Waals surface area contributed by atoms with E-state index in [1.807, 2.05) is 25.1 Å². The fraction of sp³-hybridized carbons (Fsp3) is 0.267. The van der Waals surface area contributed by atoms with Gasteiger partial charge in [-0.15, -0.1) is 0 Å². The van der Waals surface area contributed by atoms with Gasteiger partial charge in [-0.25, -0.2) is 8.78 Å². The average Bonchev–Trinajstić information content (AvgIpc) is 2.43. The third-order valence-electron chi connectivity index (χ3n) is 2.92. The van der Waals surface area contributed by atoms with Crippen LogP contribution in [0.2, 0.25) is 0 Å². The van der Waals surface area contributed by atoms with Crippen LogP contribution in [0.15, 0.2) is 42.6 Å². The van der Waals surface area contributed by atoms with E-state index in [1.54, 1.807) is 12.3 Å². The van der Waals surface area contributed by atoms with Gasteiger partial charge in [0.05, 0.1) is 11.7 Å². The Hall–Kier alpha value is -1.81. The number of nitrogens with zero attached hydrogens (tertiary/aromatic N) is 1. The van der Waals surface area contributed by atoms with Crippen LogP contribution in [0.3, 0.4) is 0 Å². The highest BCUT2D eigenvalue weighted by molar-refractivity contribution is 5.21. The normalized spacial score (nSPS) is 12.4. The molecular weight excluding hydrogens is 246 g/mol. The number of halogens is 2. The lowest BCUT2D eigenvalue weighted by atomic mass is 10.0. The number of hydrogen-bond donors (Lipinski definition) is 1. The summed E-state index contributed by atoms with van der Waals surface area (Å²) < 4.78 is 26.1. The first-order valence-electron chi connectivity index (χ1n) is 6.29. The fourth-order valence-corrected chi connectivity index (χ4v) is 2.01. The molecule has 0 saturated carbocycles. The van der Waals surface area contributed by atoms with Crippen molar-refractivity contribution < 1.29 is 8.78 Å². The molecule has 0 bridgehead atoms. The summed E-state index contributed by atoms with van der Waals surface area (Å²) in [6, 6.07) is 9.69. The summed E-state index contributed by atoms with van der Waals surface area (Å²) >= 11 is 0. The van der Waals surface area contributed by atoms with Crippen LogP contribution in [-0.4, -0.2) is 11.5 Å². The maximum Gasteiger partial charge on any atom is 0.159 e. The van der Waals surface area contributed by atoms with Crippen LogP contribution in [0.25, 0.3) is 0 Å². The van der Waals surface area contributed by atoms with Gasteiger partial charge in [0.1, 0.15) is 0 Å². The molecule has 0 amide bonds. The maximum atomic E-state index is 13.2. The highest BCUT2D eigenvalue weighted by atomic mass is 19.2. The van der Waals surface area contributed by atoms with Crippen molar-refractivity contribution >= 4 is 0 Å². The Morgan fingerprint density at radius 3 is 2.63 bits per heavy atom. The first kappa shape index (κ1) is 13.6. The van der Waals surface area contributed by atoms with Gasteiger partial charge in [-0.3, -0.25) is 4.98 Å². The molecule has 0 radical (unpaired) electrons. The smallest absolute Gasteiger partial charge is 0.159 e. The van der Waals surface area contributed by atoms with E-state index in [2.05, 4.69) is 10.3 Å². The van der Waals surface area contributed by atoms with Crippen LogP contribution >= 0.6 is 0 Å². The van der Waals surface area contributed by atoms with E-state index in [0.717, 1.165) is 23.9 Å². The summed E-state index contributed by atoms with van der Waals surface area (Å²) in [6.45, 7) is 2.78. The lowest BCUT2D eigenvalue weighted by Crippen LogP contribution is -2.23. The molecule has 1 atom stereocenters. The van der Waals surface area contributed by atoms with Crippen molar-refractivity contribution in [1.82, 2.24) is 10.3 Å². The number of likely N-dealkylation sites (N-methyl/N-ethyl adjacent to an activating group) is 1. The molecular formula is C15H16F2N2. The van der Waals surface area contributed by atoms with Crippen molar-refractivity contribution in [1.29, 1.82) is 0 Å². The molecule has 4 heteroatoms. The number of benzene rings is 1. The molecule has 1 heterocycles. The first-order valence-corrected chi connectivity index (χ1v) is 6.29. The molecule has 1 N–H and O–H groups in total. The second kappa shape index (κ2) is 6.38. The zero-order valence-electron chi connectivity index (χ0n) is 10.7. The largest absolute Gasteiger partial charge is 0.309 e. The zero-order chi connectivity index (χ0) is 13.7. The van der Waals surface area contributed by atoms with Gasteiger partial charge in [-0.05, 0) is 42.8 Å². The quantitative estimate of drug-likeness (QED) is 0.894. The number of hydrogen-bond acceptors (Lipinski definition) is 2. The highest BCUT2D eigenvalue weighted by Crippen LogP contribution is 2.18. The van der Waals surface area contributed by atoms with Gasteiger partial charge in [0.25, 0.3) is 0 Å². The lowest BCUT2D eigenvalue weighted by Gasteiger charge is -2.17. The first-order chi connectivity index (χ1) is 9.20. The molecule has 0 saturated heterocycles. The molecule has 1 aromatic heterocycles. The SMILES string of the molecule is CCNC(Cc1ccc(F)c(F)c1)c1ccccn1. The van der Waals surface area contributed by atoms with E-state index in [9.17, 15) is 8.78 Å². The molecule has 2 aromatic rings. The standard InChI is InChI=1S/C15H16F2N2/c1-2-18-15(14-5-3-4-8-19-14)10-11-6-7-12(16)13(17)9-11/h3-9,15,18H,2,10H2,1H3. The van der Waals surface area contributed by atoms with Crippen molar-refractivity contribution in [2.45, 2.75) is 19.4 Å². The van der Waals surface area contributed by atoms with Crippen molar-refractivity contribution in [3.05, 3.63) is 65.5 Å². The molecule has 100 valence electrons. The van der Waals surface area contributed by atoms with Gasteiger partial charge in [0, 0.05) is 6.20 Å². The summed E-state index contributed by atoms with van der Waals surface area (Å²) in [6.07, 6.45) is 2.30. The van der Waals surface area contributed by atoms with E-state index < -0.39 is 11.6 Å². The van der Waals surface area contributed by atoms with Crippen molar-refractivity contribution in [3.8, 4) is 0 Å². The van der Waals surface area contributed by atoms with Crippen molar-refractivity contribution in [2.24, 2.45) is 0 Å². The third kappa shape index (κ3) is 3.58. The molecule has 19 heavy (non-hydrogen) atoms. The van der Waals surface area contributed by atoms with Gasteiger partial charge in [0.15, 0.2) is 11.6 Å². The Balaban J connectivity index is 2.19. The second-order valence-corrected chi connectivity index (χ2v) is 4.32. The Labute approximate surface area is 111 Å². The van der Waals surface area contributed by atoms with E-state index in [1.165, 1.54) is 6.07 Å². The monoisotopic (exact) mass is 262 g/mol. The Morgan fingerprint density at radius 2 is 2.00 bits per heavy atom. The van der Waals surface area contributed by atoms with E-state index in [4.69, 9.17) is 0 Å². The Kier molecular flexibility index (Phi) is 4.58. The van der Waals surface area contributed by atoms with Gasteiger partial charge < -0.3 is 5.32 Å². The zero-order valence-corrected chi connectivity index (χ0v) is 10.7. The summed E-state index contributed by atoms with van der Waals surface area (Å²) in [5.74, 6) is -1.63. The van der Waals surface area contributed by atoms with E-state index in [0.29, 0.717) is 6.42 Å². The molecule has 0 fully saturated rings. The summed E-state index contributed by atoms with van der Waals surface area (Å²) in [7, 11) is 0. The maximum absolute atomic E-state index is 13.2. The molecule has 0 aliphatic carbocycles. The van der Waals surface area contributed by atoms with Crippen LogP contribution < -0.4 is 5.32 Å². The number of aromatic nitrogens is 1. The molecule has 1 aromatic carbocycles. The molecule has 0 spiro atoms. The summed E-state index contributed by atoms with van der Waals surface area (Å²) in [5, 5.41) is 3.30. The van der Waals surface area contributed by atoms with Crippen molar-refractivity contribution in [3.63, 3.8) is 0 Å². The topological polar surface area (TPSA) is 24.9 Å². The molecule has 2 rings (SSSR count). The lowest BCUT2D eigenvalue weighted by molar-refractivity contribution is 0.501. The predicted octanol–water partition coefficient (Wildman–Crippen LogP) is 3.25. The van der Waals surface area contributed by atoms with E-state index >= 15 is 0 Å². The van der Waals surface area contributed by atoms with Crippen LogP contribution in [0.4, 0.5) is 8.78 Å². The second-order valence-electron chi connectivity index (χ2n) is 4.32.